The van der Waals surface area contributed by atoms with Gasteiger partial charge < -0.3 is 10.4 Å². The average Bonchev–Trinajstić information content (AvgIpc) is 2.35. The van der Waals surface area contributed by atoms with Gasteiger partial charge in [0.15, 0.2) is 0 Å². The van der Waals surface area contributed by atoms with Crippen molar-refractivity contribution in [2.75, 3.05) is 38.2 Å². The van der Waals surface area contributed by atoms with Gasteiger partial charge in [0.05, 0.1) is 12.4 Å². The second-order valence-corrected chi connectivity index (χ2v) is 5.37. The van der Waals surface area contributed by atoms with Crippen LogP contribution in [-0.4, -0.2) is 60.2 Å². The summed E-state index contributed by atoms with van der Waals surface area (Å²) in [5, 5.41) is 12.2. The highest BCUT2D eigenvalue weighted by Gasteiger charge is 2.20. The van der Waals surface area contributed by atoms with E-state index in [9.17, 15) is 9.90 Å². The zero-order valence-electron chi connectivity index (χ0n) is 10.7. The summed E-state index contributed by atoms with van der Waals surface area (Å²) in [4.78, 5) is 13.6. The highest BCUT2D eigenvalue weighted by Crippen LogP contribution is 2.16. The number of hydrogen-bond acceptors (Lipinski definition) is 4. The van der Waals surface area contributed by atoms with E-state index in [1.165, 1.54) is 12.8 Å². The molecule has 5 heteroatoms. The lowest BCUT2D eigenvalue weighted by molar-refractivity contribution is -0.118. The van der Waals surface area contributed by atoms with Crippen molar-refractivity contribution >= 4 is 17.7 Å². The molecule has 0 saturated carbocycles. The molecule has 2 N–H and O–H groups in total. The first-order chi connectivity index (χ1) is 8.27. The molecule has 1 heterocycles. The molecule has 4 nitrogen and oxygen atoms in total. The summed E-state index contributed by atoms with van der Waals surface area (Å²) in [5.41, 5.74) is 0. The second kappa shape index (κ2) is 8.78. The number of amides is 1. The lowest BCUT2D eigenvalue weighted by Crippen LogP contribution is -2.43. The Kier molecular flexibility index (Phi) is 7.64. The Balaban J connectivity index is 2.10. The van der Waals surface area contributed by atoms with Crippen LogP contribution in [0.4, 0.5) is 0 Å². The Labute approximate surface area is 108 Å². The Hall–Kier alpha value is -0.260. The summed E-state index contributed by atoms with van der Waals surface area (Å²) >= 11 is 1.54. The molecule has 0 aromatic carbocycles. The highest BCUT2D eigenvalue weighted by molar-refractivity contribution is 7.99. The number of piperidine rings is 1. The van der Waals surface area contributed by atoms with Gasteiger partial charge in [0.2, 0.25) is 5.91 Å². The summed E-state index contributed by atoms with van der Waals surface area (Å²) in [7, 11) is 0. The molecule has 1 aliphatic rings. The normalized spacial score (nSPS) is 21.4. The Morgan fingerprint density at radius 3 is 3.06 bits per heavy atom. The summed E-state index contributed by atoms with van der Waals surface area (Å²) < 4.78 is 0. The second-order valence-electron chi connectivity index (χ2n) is 4.50. The van der Waals surface area contributed by atoms with Crippen molar-refractivity contribution in [3.8, 4) is 0 Å². The van der Waals surface area contributed by atoms with Crippen LogP contribution >= 0.6 is 11.8 Å². The van der Waals surface area contributed by atoms with E-state index in [4.69, 9.17) is 0 Å². The quantitative estimate of drug-likeness (QED) is 0.662. The van der Waals surface area contributed by atoms with Crippen LogP contribution in [0.15, 0.2) is 0 Å². The molecule has 100 valence electrons. The fourth-order valence-corrected chi connectivity index (χ4v) is 2.62. The van der Waals surface area contributed by atoms with Crippen LogP contribution in [0, 0.1) is 0 Å². The standard InChI is InChI=1S/C12H24N2O2S/c1-17-10-12(16)13-6-4-8-14-7-3-2-5-11(14)9-15/h11,15H,2-10H2,1H3,(H,13,16)/t11-/m0/s1. The summed E-state index contributed by atoms with van der Waals surface area (Å²) in [6.45, 7) is 3.07. The van der Waals surface area contributed by atoms with E-state index in [0.29, 0.717) is 11.8 Å². The lowest BCUT2D eigenvalue weighted by atomic mass is 10.0. The van der Waals surface area contributed by atoms with Gasteiger partial charge in [-0.1, -0.05) is 6.42 Å². The summed E-state index contributed by atoms with van der Waals surface area (Å²) in [6, 6.07) is 0.339. The van der Waals surface area contributed by atoms with E-state index in [1.54, 1.807) is 11.8 Å². The lowest BCUT2D eigenvalue weighted by Gasteiger charge is -2.34. The topological polar surface area (TPSA) is 52.6 Å². The number of likely N-dealkylation sites (tertiary alicyclic amines) is 1. The molecule has 1 rings (SSSR count). The first-order valence-corrected chi connectivity index (χ1v) is 7.78. The van der Waals surface area contributed by atoms with Gasteiger partial charge in [0, 0.05) is 19.1 Å². The molecule has 17 heavy (non-hydrogen) atoms. The van der Waals surface area contributed by atoms with Gasteiger partial charge in [0.25, 0.3) is 0 Å². The SMILES string of the molecule is CSCC(=O)NCCCN1CCCC[C@H]1CO. The molecule has 1 aliphatic heterocycles. The third-order valence-electron chi connectivity index (χ3n) is 3.18. The van der Waals surface area contributed by atoms with E-state index in [0.717, 1.165) is 32.5 Å². The number of nitrogens with zero attached hydrogens (tertiary/aromatic N) is 1. The minimum atomic E-state index is 0.120. The van der Waals surface area contributed by atoms with Crippen molar-refractivity contribution in [1.82, 2.24) is 10.2 Å². The van der Waals surface area contributed by atoms with Crippen LogP contribution in [-0.2, 0) is 4.79 Å². The van der Waals surface area contributed by atoms with Crippen LogP contribution in [0.1, 0.15) is 25.7 Å². The number of carbonyl (C=O) groups is 1. The largest absolute Gasteiger partial charge is 0.395 e. The maximum Gasteiger partial charge on any atom is 0.229 e. The monoisotopic (exact) mass is 260 g/mol. The maximum absolute atomic E-state index is 11.2. The Bertz CT molecular complexity index is 227. The fourth-order valence-electron chi connectivity index (χ4n) is 2.25. The number of thioether (sulfide) groups is 1. The van der Waals surface area contributed by atoms with Crippen molar-refractivity contribution in [2.24, 2.45) is 0 Å². The highest BCUT2D eigenvalue weighted by atomic mass is 32.2. The van der Waals surface area contributed by atoms with Crippen LogP contribution in [0.25, 0.3) is 0 Å². The van der Waals surface area contributed by atoms with Crippen LogP contribution in [0.3, 0.4) is 0 Å². The Morgan fingerprint density at radius 2 is 2.35 bits per heavy atom. The number of aliphatic hydroxyl groups excluding tert-OH is 1. The number of nitrogens with one attached hydrogen (secondary N) is 1. The molecule has 1 saturated heterocycles. The predicted octanol–water partition coefficient (Wildman–Crippen LogP) is 0.702. The molecule has 0 bridgehead atoms. The molecule has 1 fully saturated rings. The van der Waals surface area contributed by atoms with Gasteiger partial charge in [-0.15, -0.1) is 0 Å². The Morgan fingerprint density at radius 1 is 1.53 bits per heavy atom. The van der Waals surface area contributed by atoms with E-state index in [2.05, 4.69) is 10.2 Å². The first kappa shape index (κ1) is 14.8. The van der Waals surface area contributed by atoms with Crippen molar-refractivity contribution in [3.05, 3.63) is 0 Å². The van der Waals surface area contributed by atoms with E-state index < -0.39 is 0 Å². The molecule has 0 aromatic rings. The third kappa shape index (κ3) is 5.75. The van der Waals surface area contributed by atoms with Crippen molar-refractivity contribution in [3.63, 3.8) is 0 Å². The number of aliphatic hydroxyl groups is 1. The molecular formula is C12H24N2O2S. The van der Waals surface area contributed by atoms with Crippen molar-refractivity contribution in [2.45, 2.75) is 31.7 Å². The van der Waals surface area contributed by atoms with Gasteiger partial charge in [0.1, 0.15) is 0 Å². The molecule has 0 spiro atoms. The molecule has 0 aliphatic carbocycles. The minimum absolute atomic E-state index is 0.120. The molecular weight excluding hydrogens is 236 g/mol. The fraction of sp³-hybridized carbons (Fsp3) is 0.917. The van der Waals surface area contributed by atoms with Gasteiger partial charge in [-0.05, 0) is 32.1 Å². The predicted molar refractivity (Wildman–Crippen MR) is 72.3 cm³/mol. The van der Waals surface area contributed by atoms with Gasteiger partial charge >= 0.3 is 0 Å². The zero-order chi connectivity index (χ0) is 12.5. The van der Waals surface area contributed by atoms with Crippen LogP contribution < -0.4 is 5.32 Å². The molecule has 0 aromatic heterocycles. The molecule has 1 amide bonds. The summed E-state index contributed by atoms with van der Waals surface area (Å²) in [6.07, 6.45) is 6.46. The third-order valence-corrected chi connectivity index (χ3v) is 3.73. The van der Waals surface area contributed by atoms with Gasteiger partial charge in [-0.3, -0.25) is 9.69 Å². The number of rotatable bonds is 7. The minimum Gasteiger partial charge on any atom is -0.395 e. The number of hydrogen-bond donors (Lipinski definition) is 2. The van der Waals surface area contributed by atoms with Gasteiger partial charge in [-0.2, -0.15) is 11.8 Å². The van der Waals surface area contributed by atoms with Crippen molar-refractivity contribution in [1.29, 1.82) is 0 Å². The smallest absolute Gasteiger partial charge is 0.229 e. The average molecular weight is 260 g/mol. The van der Waals surface area contributed by atoms with Crippen molar-refractivity contribution < 1.29 is 9.90 Å². The van der Waals surface area contributed by atoms with E-state index in [1.807, 2.05) is 6.26 Å². The zero-order valence-corrected chi connectivity index (χ0v) is 11.5. The molecule has 0 radical (unpaired) electrons. The first-order valence-electron chi connectivity index (χ1n) is 6.38. The van der Waals surface area contributed by atoms with E-state index >= 15 is 0 Å². The molecule has 1 atom stereocenters. The summed E-state index contributed by atoms with van der Waals surface area (Å²) in [5.74, 6) is 0.665. The maximum atomic E-state index is 11.2. The molecule has 0 unspecified atom stereocenters. The van der Waals surface area contributed by atoms with Crippen LogP contribution in [0.5, 0.6) is 0 Å². The van der Waals surface area contributed by atoms with E-state index in [-0.39, 0.29) is 12.5 Å². The number of carbonyl (C=O) groups excluding carboxylic acids is 1. The van der Waals surface area contributed by atoms with Gasteiger partial charge in [-0.25, -0.2) is 0 Å². The van der Waals surface area contributed by atoms with Crippen LogP contribution in [0.2, 0.25) is 0 Å².